The normalized spacial score (nSPS) is 20.6. The minimum Gasteiger partial charge on any atom is -0.480 e. The van der Waals surface area contributed by atoms with Gasteiger partial charge in [-0.25, -0.2) is 0 Å². The predicted molar refractivity (Wildman–Crippen MR) is 81.6 cm³/mol. The van der Waals surface area contributed by atoms with Gasteiger partial charge in [0.05, 0.1) is 6.54 Å². The molecule has 1 aliphatic carbocycles. The Morgan fingerprint density at radius 1 is 1.39 bits per heavy atom. The second-order valence-corrected chi connectivity index (χ2v) is 5.68. The van der Waals surface area contributed by atoms with Crippen LogP contribution in [-0.2, 0) is 11.3 Å². The highest BCUT2D eigenvalue weighted by Crippen LogP contribution is 2.26. The van der Waals surface area contributed by atoms with E-state index in [0.717, 1.165) is 24.9 Å². The van der Waals surface area contributed by atoms with Crippen molar-refractivity contribution in [3.8, 4) is 5.75 Å². The predicted octanol–water partition coefficient (Wildman–Crippen LogP) is 2.32. The molecule has 1 aromatic carbocycles. The molecule has 2 N–H and O–H groups in total. The Morgan fingerprint density at radius 2 is 2.04 bits per heavy atom. The lowest BCUT2D eigenvalue weighted by molar-refractivity contribution is -0.139. The Bertz CT molecular complexity index is 505. The molecular weight excluding hydrogens is 306 g/mol. The van der Waals surface area contributed by atoms with E-state index >= 15 is 0 Å². The summed E-state index contributed by atoms with van der Waals surface area (Å²) in [5, 5.41) is 12.3. The number of likely N-dealkylation sites (N-methyl/N-ethyl adjacent to an activating group) is 1. The molecule has 0 saturated heterocycles. The largest absolute Gasteiger partial charge is 0.480 e. The van der Waals surface area contributed by atoms with E-state index < -0.39 is 12.6 Å². The van der Waals surface area contributed by atoms with Gasteiger partial charge in [0.25, 0.3) is 0 Å². The molecule has 1 aromatic rings. The fourth-order valence-corrected chi connectivity index (χ4v) is 2.78. The summed E-state index contributed by atoms with van der Waals surface area (Å²) in [4.78, 5) is 12.8. The number of carboxylic acid groups (broad SMARTS) is 1. The summed E-state index contributed by atoms with van der Waals surface area (Å²) < 4.78 is 28.4. The number of ether oxygens (including phenoxy) is 1. The van der Waals surface area contributed by atoms with E-state index in [0.29, 0.717) is 18.6 Å². The van der Waals surface area contributed by atoms with Crippen LogP contribution < -0.4 is 10.1 Å². The molecule has 0 radical (unpaired) electrons. The minimum absolute atomic E-state index is 0.0828. The molecule has 128 valence electrons. The molecule has 7 heteroatoms. The molecule has 1 fully saturated rings. The minimum atomic E-state index is -2.81. The molecule has 2 rings (SSSR count). The van der Waals surface area contributed by atoms with E-state index in [9.17, 15) is 13.6 Å². The summed E-state index contributed by atoms with van der Waals surface area (Å²) in [5.74, 6) is -0.644. The number of hydrogen-bond acceptors (Lipinski definition) is 4. The number of aliphatic carboxylic acids is 1. The number of alkyl halides is 2. The van der Waals surface area contributed by atoms with Crippen LogP contribution in [0.3, 0.4) is 0 Å². The summed E-state index contributed by atoms with van der Waals surface area (Å²) >= 11 is 0. The van der Waals surface area contributed by atoms with Gasteiger partial charge in [0, 0.05) is 18.6 Å². The Kier molecular flexibility index (Phi) is 6.29. The molecule has 0 atom stereocenters. The van der Waals surface area contributed by atoms with Crippen LogP contribution >= 0.6 is 0 Å². The van der Waals surface area contributed by atoms with E-state index in [1.165, 1.54) is 12.1 Å². The van der Waals surface area contributed by atoms with Crippen LogP contribution in [0.5, 0.6) is 5.75 Å². The van der Waals surface area contributed by atoms with Crippen molar-refractivity contribution in [1.82, 2.24) is 10.2 Å². The van der Waals surface area contributed by atoms with Gasteiger partial charge in [-0.05, 0) is 37.1 Å². The average Bonchev–Trinajstić information content (AvgIpc) is 2.45. The summed E-state index contributed by atoms with van der Waals surface area (Å²) in [6, 6.07) is 7.24. The molecule has 23 heavy (non-hydrogen) atoms. The van der Waals surface area contributed by atoms with Gasteiger partial charge in [-0.2, -0.15) is 8.78 Å². The summed E-state index contributed by atoms with van der Waals surface area (Å²) in [5.41, 5.74) is 0.993. The van der Waals surface area contributed by atoms with Gasteiger partial charge in [0.1, 0.15) is 5.75 Å². The Morgan fingerprint density at radius 3 is 2.57 bits per heavy atom. The van der Waals surface area contributed by atoms with Gasteiger partial charge in [0.15, 0.2) is 0 Å². The molecule has 0 amide bonds. The number of hydrogen-bond donors (Lipinski definition) is 2. The number of rotatable bonds is 9. The monoisotopic (exact) mass is 328 g/mol. The van der Waals surface area contributed by atoms with Crippen molar-refractivity contribution in [2.24, 2.45) is 0 Å². The number of carbonyl (C=O) groups is 1. The van der Waals surface area contributed by atoms with Gasteiger partial charge in [-0.1, -0.05) is 19.1 Å². The Labute approximate surface area is 134 Å². The first kappa shape index (κ1) is 17.6. The van der Waals surface area contributed by atoms with Crippen LogP contribution in [0.1, 0.15) is 25.3 Å². The van der Waals surface area contributed by atoms with E-state index in [4.69, 9.17) is 5.11 Å². The average molecular weight is 328 g/mol. The van der Waals surface area contributed by atoms with Gasteiger partial charge >= 0.3 is 12.6 Å². The SMILES string of the molecule is CCN(CC(=O)O)C1CC(NCc2ccc(OC(F)F)cc2)C1. The first-order valence-electron chi connectivity index (χ1n) is 7.71. The molecule has 0 bridgehead atoms. The van der Waals surface area contributed by atoms with Crippen LogP contribution in [0.25, 0.3) is 0 Å². The number of carboxylic acids is 1. The van der Waals surface area contributed by atoms with Crippen molar-refractivity contribution in [2.45, 2.75) is 45.0 Å². The fourth-order valence-electron chi connectivity index (χ4n) is 2.78. The van der Waals surface area contributed by atoms with Crippen LogP contribution in [0.4, 0.5) is 8.78 Å². The second kappa shape index (κ2) is 8.21. The smallest absolute Gasteiger partial charge is 0.387 e. The van der Waals surface area contributed by atoms with Crippen molar-refractivity contribution >= 4 is 5.97 Å². The van der Waals surface area contributed by atoms with E-state index in [1.807, 2.05) is 11.8 Å². The molecule has 0 unspecified atom stereocenters. The maximum Gasteiger partial charge on any atom is 0.387 e. The molecule has 1 saturated carbocycles. The molecular formula is C16H22F2N2O3. The lowest BCUT2D eigenvalue weighted by Gasteiger charge is -2.42. The third-order valence-electron chi connectivity index (χ3n) is 4.12. The zero-order valence-corrected chi connectivity index (χ0v) is 13.0. The van der Waals surface area contributed by atoms with E-state index in [1.54, 1.807) is 12.1 Å². The lowest BCUT2D eigenvalue weighted by Crippen LogP contribution is -2.53. The third kappa shape index (κ3) is 5.44. The van der Waals surface area contributed by atoms with Crippen molar-refractivity contribution in [1.29, 1.82) is 0 Å². The quantitative estimate of drug-likeness (QED) is 0.728. The highest BCUT2D eigenvalue weighted by Gasteiger charge is 2.33. The standard InChI is InChI=1S/C16H22F2N2O3/c1-2-20(10-15(21)22)13-7-12(8-13)19-9-11-3-5-14(6-4-11)23-16(17)18/h3-6,12-13,16,19H,2,7-10H2,1H3,(H,21,22). The lowest BCUT2D eigenvalue weighted by atomic mass is 9.85. The van der Waals surface area contributed by atoms with E-state index in [2.05, 4.69) is 10.1 Å². The van der Waals surface area contributed by atoms with Crippen LogP contribution in [-0.4, -0.2) is 47.8 Å². The molecule has 0 aliphatic heterocycles. The first-order valence-corrected chi connectivity index (χ1v) is 7.71. The van der Waals surface area contributed by atoms with Gasteiger partial charge in [-0.15, -0.1) is 0 Å². The molecule has 5 nitrogen and oxygen atoms in total. The van der Waals surface area contributed by atoms with Crippen molar-refractivity contribution < 1.29 is 23.4 Å². The molecule has 0 aromatic heterocycles. The maximum absolute atomic E-state index is 12.1. The first-order chi connectivity index (χ1) is 11.0. The summed E-state index contributed by atoms with van der Waals surface area (Å²) in [7, 11) is 0. The maximum atomic E-state index is 12.1. The molecule has 0 heterocycles. The summed E-state index contributed by atoms with van der Waals surface area (Å²) in [6.07, 6.45) is 1.85. The Hall–Kier alpha value is -1.73. The number of nitrogens with one attached hydrogen (secondary N) is 1. The Balaban J connectivity index is 1.71. The summed E-state index contributed by atoms with van der Waals surface area (Å²) in [6.45, 7) is 0.622. The fraction of sp³-hybridized carbons (Fsp3) is 0.562. The second-order valence-electron chi connectivity index (χ2n) is 5.68. The highest BCUT2D eigenvalue weighted by atomic mass is 19.3. The van der Waals surface area contributed by atoms with E-state index in [-0.39, 0.29) is 12.3 Å². The number of nitrogens with zero attached hydrogens (tertiary/aromatic N) is 1. The molecule has 0 spiro atoms. The number of benzene rings is 1. The van der Waals surface area contributed by atoms with Crippen LogP contribution in [0, 0.1) is 0 Å². The topological polar surface area (TPSA) is 61.8 Å². The number of halogens is 2. The van der Waals surface area contributed by atoms with Crippen molar-refractivity contribution in [2.75, 3.05) is 13.1 Å². The zero-order valence-electron chi connectivity index (χ0n) is 13.0. The van der Waals surface area contributed by atoms with Crippen molar-refractivity contribution in [3.05, 3.63) is 29.8 Å². The third-order valence-corrected chi connectivity index (χ3v) is 4.12. The van der Waals surface area contributed by atoms with Crippen LogP contribution in [0.15, 0.2) is 24.3 Å². The van der Waals surface area contributed by atoms with Gasteiger partial charge in [-0.3, -0.25) is 9.69 Å². The van der Waals surface area contributed by atoms with Gasteiger partial charge < -0.3 is 15.2 Å². The highest BCUT2D eigenvalue weighted by molar-refractivity contribution is 5.69. The van der Waals surface area contributed by atoms with Crippen molar-refractivity contribution in [3.63, 3.8) is 0 Å². The zero-order chi connectivity index (χ0) is 16.8. The molecule has 1 aliphatic rings. The van der Waals surface area contributed by atoms with Crippen LogP contribution in [0.2, 0.25) is 0 Å². The van der Waals surface area contributed by atoms with Gasteiger partial charge in [0.2, 0.25) is 0 Å².